The number of aromatic nitrogens is 2. The first-order valence-electron chi connectivity index (χ1n) is 9.11. The second-order valence-electron chi connectivity index (χ2n) is 6.55. The van der Waals surface area contributed by atoms with Crippen molar-refractivity contribution >= 4 is 28.2 Å². The molecule has 0 unspecified atom stereocenters. The molecule has 0 aliphatic rings. The largest absolute Gasteiger partial charge is 0.383 e. The van der Waals surface area contributed by atoms with E-state index < -0.39 is 23.2 Å². The van der Waals surface area contributed by atoms with Crippen LogP contribution in [0.1, 0.15) is 15.9 Å². The average molecular weight is 392 g/mol. The van der Waals surface area contributed by atoms with Gasteiger partial charge in [0.15, 0.2) is 0 Å². The van der Waals surface area contributed by atoms with Crippen LogP contribution in [0.3, 0.4) is 0 Å². The number of aromatic amines is 1. The number of amides is 1. The van der Waals surface area contributed by atoms with Crippen molar-refractivity contribution in [3.05, 3.63) is 89.9 Å². The van der Waals surface area contributed by atoms with Crippen LogP contribution in [-0.2, 0) is 6.42 Å². The maximum Gasteiger partial charge on any atom is 0.257 e. The molecule has 0 saturated carbocycles. The minimum Gasteiger partial charge on any atom is -0.383 e. The summed E-state index contributed by atoms with van der Waals surface area (Å²) in [6.45, 7) is 0.635. The van der Waals surface area contributed by atoms with Crippen LogP contribution >= 0.6 is 0 Å². The number of rotatable bonds is 6. The smallest absolute Gasteiger partial charge is 0.257 e. The summed E-state index contributed by atoms with van der Waals surface area (Å²) in [6, 6.07) is 13.1. The molecule has 0 fully saturated rings. The summed E-state index contributed by atoms with van der Waals surface area (Å²) in [7, 11) is 0. The number of para-hydroxylation sites is 2. The molecule has 146 valence electrons. The third-order valence-corrected chi connectivity index (χ3v) is 4.60. The number of nitrogens with one attached hydrogen (secondary N) is 3. The summed E-state index contributed by atoms with van der Waals surface area (Å²) in [6.07, 6.45) is 5.70. The highest BCUT2D eigenvalue weighted by molar-refractivity contribution is 6.04. The third-order valence-electron chi connectivity index (χ3n) is 4.60. The number of halogens is 2. The monoisotopic (exact) mass is 392 g/mol. The van der Waals surface area contributed by atoms with Gasteiger partial charge in [0.25, 0.3) is 5.91 Å². The van der Waals surface area contributed by atoms with Gasteiger partial charge >= 0.3 is 0 Å². The van der Waals surface area contributed by atoms with Gasteiger partial charge in [-0.3, -0.25) is 9.78 Å². The number of pyridine rings is 1. The van der Waals surface area contributed by atoms with Crippen LogP contribution in [0, 0.1) is 11.6 Å². The molecule has 2 aromatic carbocycles. The van der Waals surface area contributed by atoms with E-state index in [0.717, 1.165) is 24.1 Å². The van der Waals surface area contributed by atoms with Crippen LogP contribution in [0.25, 0.3) is 10.9 Å². The molecule has 0 spiro atoms. The van der Waals surface area contributed by atoms with E-state index in [2.05, 4.69) is 26.7 Å². The molecule has 2 aromatic heterocycles. The lowest BCUT2D eigenvalue weighted by Gasteiger charge is -2.09. The van der Waals surface area contributed by atoms with Crippen LogP contribution in [0.5, 0.6) is 0 Å². The first-order chi connectivity index (χ1) is 14.1. The van der Waals surface area contributed by atoms with Crippen molar-refractivity contribution in [1.82, 2.24) is 9.97 Å². The molecule has 2 heterocycles. The Bertz CT molecular complexity index is 1150. The molecular formula is C22H18F2N4O. The lowest BCUT2D eigenvalue weighted by Crippen LogP contribution is -2.15. The standard InChI is InChI=1S/C22H18F2N4O/c23-18-5-3-6-19(24)21(18)28-22(29)15-10-16(13-25-11-15)26-9-8-14-12-27-20-7-2-1-4-17(14)20/h1-7,10-13,26-27H,8-9H2,(H,28,29). The van der Waals surface area contributed by atoms with Gasteiger partial charge in [-0.05, 0) is 36.2 Å². The van der Waals surface area contributed by atoms with Crippen molar-refractivity contribution in [2.24, 2.45) is 0 Å². The number of nitrogens with zero attached hydrogens (tertiary/aromatic N) is 1. The Balaban J connectivity index is 1.41. The Labute approximate surface area is 165 Å². The summed E-state index contributed by atoms with van der Waals surface area (Å²) >= 11 is 0. The summed E-state index contributed by atoms with van der Waals surface area (Å²) in [4.78, 5) is 19.6. The van der Waals surface area contributed by atoms with E-state index in [4.69, 9.17) is 0 Å². The van der Waals surface area contributed by atoms with Crippen LogP contribution in [0.2, 0.25) is 0 Å². The molecule has 3 N–H and O–H groups in total. The molecular weight excluding hydrogens is 374 g/mol. The highest BCUT2D eigenvalue weighted by Gasteiger charge is 2.14. The number of fused-ring (bicyclic) bond motifs is 1. The number of carbonyl (C=O) groups excluding carboxylic acids is 1. The summed E-state index contributed by atoms with van der Waals surface area (Å²) in [5, 5.41) is 6.66. The zero-order valence-electron chi connectivity index (χ0n) is 15.4. The first kappa shape index (κ1) is 18.6. The van der Waals surface area contributed by atoms with E-state index in [-0.39, 0.29) is 5.56 Å². The van der Waals surface area contributed by atoms with Gasteiger partial charge in [0.2, 0.25) is 0 Å². The lowest BCUT2D eigenvalue weighted by molar-refractivity contribution is 0.102. The van der Waals surface area contributed by atoms with Crippen LogP contribution in [-0.4, -0.2) is 22.4 Å². The van der Waals surface area contributed by atoms with Gasteiger partial charge in [-0.25, -0.2) is 8.78 Å². The second-order valence-corrected chi connectivity index (χ2v) is 6.55. The number of benzene rings is 2. The molecule has 0 aliphatic heterocycles. The molecule has 0 aliphatic carbocycles. The second kappa shape index (κ2) is 8.10. The molecule has 0 atom stereocenters. The minimum atomic E-state index is -0.834. The Kier molecular flexibility index (Phi) is 5.20. The van der Waals surface area contributed by atoms with Crippen molar-refractivity contribution in [2.45, 2.75) is 6.42 Å². The average Bonchev–Trinajstić information content (AvgIpc) is 3.14. The molecule has 4 aromatic rings. The number of carbonyl (C=O) groups is 1. The van der Waals surface area contributed by atoms with E-state index in [1.807, 2.05) is 24.4 Å². The van der Waals surface area contributed by atoms with Crippen molar-refractivity contribution in [3.63, 3.8) is 0 Å². The van der Waals surface area contributed by atoms with E-state index in [9.17, 15) is 13.6 Å². The Hall–Kier alpha value is -3.74. The minimum absolute atomic E-state index is 0.199. The summed E-state index contributed by atoms with van der Waals surface area (Å²) in [5.74, 6) is -2.31. The van der Waals surface area contributed by atoms with Gasteiger partial charge in [0.1, 0.15) is 17.3 Å². The SMILES string of the molecule is O=C(Nc1c(F)cccc1F)c1cncc(NCCc2c[nH]c3ccccc23)c1. The number of H-pyrrole nitrogens is 1. The highest BCUT2D eigenvalue weighted by atomic mass is 19.1. The van der Waals surface area contributed by atoms with Crippen molar-refractivity contribution in [2.75, 3.05) is 17.2 Å². The lowest BCUT2D eigenvalue weighted by atomic mass is 10.1. The first-order valence-corrected chi connectivity index (χ1v) is 9.11. The van der Waals surface area contributed by atoms with E-state index in [0.29, 0.717) is 12.2 Å². The molecule has 1 amide bonds. The normalized spacial score (nSPS) is 10.8. The predicted octanol–water partition coefficient (Wildman–Crippen LogP) is 4.75. The molecule has 0 radical (unpaired) electrons. The molecule has 29 heavy (non-hydrogen) atoms. The van der Waals surface area contributed by atoms with Gasteiger partial charge in [-0.15, -0.1) is 0 Å². The fraction of sp³-hybridized carbons (Fsp3) is 0.0909. The summed E-state index contributed by atoms with van der Waals surface area (Å²) < 4.78 is 27.5. The predicted molar refractivity (Wildman–Crippen MR) is 109 cm³/mol. The molecule has 4 rings (SSSR count). The molecule has 5 nitrogen and oxygen atoms in total. The van der Waals surface area contributed by atoms with Crippen molar-refractivity contribution in [1.29, 1.82) is 0 Å². The number of hydrogen-bond donors (Lipinski definition) is 3. The van der Waals surface area contributed by atoms with Gasteiger partial charge in [0, 0.05) is 36.0 Å². The summed E-state index contributed by atoms with van der Waals surface area (Å²) in [5.41, 5.74) is 2.64. The number of hydrogen-bond acceptors (Lipinski definition) is 3. The Morgan fingerprint density at radius 3 is 2.66 bits per heavy atom. The van der Waals surface area contributed by atoms with Gasteiger partial charge < -0.3 is 15.6 Å². The van der Waals surface area contributed by atoms with Gasteiger partial charge in [0.05, 0.1) is 11.3 Å². The molecule has 0 bridgehead atoms. The van der Waals surface area contributed by atoms with Crippen LogP contribution < -0.4 is 10.6 Å². The molecule has 7 heteroatoms. The van der Waals surface area contributed by atoms with Gasteiger partial charge in [-0.2, -0.15) is 0 Å². The fourth-order valence-corrected chi connectivity index (χ4v) is 3.14. The van der Waals surface area contributed by atoms with E-state index >= 15 is 0 Å². The third kappa shape index (κ3) is 4.08. The van der Waals surface area contributed by atoms with Crippen molar-refractivity contribution < 1.29 is 13.6 Å². The topological polar surface area (TPSA) is 69.8 Å². The zero-order chi connectivity index (χ0) is 20.2. The van der Waals surface area contributed by atoms with E-state index in [1.165, 1.54) is 23.2 Å². The van der Waals surface area contributed by atoms with Crippen LogP contribution in [0.15, 0.2) is 67.1 Å². The fourth-order valence-electron chi connectivity index (χ4n) is 3.14. The zero-order valence-corrected chi connectivity index (χ0v) is 15.4. The maximum atomic E-state index is 13.7. The quantitative estimate of drug-likeness (QED) is 0.444. The van der Waals surface area contributed by atoms with Gasteiger partial charge in [-0.1, -0.05) is 24.3 Å². The van der Waals surface area contributed by atoms with E-state index in [1.54, 1.807) is 12.3 Å². The number of anilines is 2. The van der Waals surface area contributed by atoms with Crippen molar-refractivity contribution in [3.8, 4) is 0 Å². The highest BCUT2D eigenvalue weighted by Crippen LogP contribution is 2.20. The maximum absolute atomic E-state index is 13.7. The Morgan fingerprint density at radius 1 is 1.03 bits per heavy atom. The van der Waals surface area contributed by atoms with Crippen LogP contribution in [0.4, 0.5) is 20.2 Å². The Morgan fingerprint density at radius 2 is 1.83 bits per heavy atom. The molecule has 0 saturated heterocycles.